The van der Waals surface area contributed by atoms with Crippen molar-refractivity contribution in [1.29, 1.82) is 0 Å². The van der Waals surface area contributed by atoms with Crippen LogP contribution in [0, 0.1) is 0 Å². The molecular formula is C12H16O3. The molecule has 0 fully saturated rings. The summed E-state index contributed by atoms with van der Waals surface area (Å²) in [6.45, 7) is 2.04. The summed E-state index contributed by atoms with van der Waals surface area (Å²) in [6.07, 6.45) is 1.71. The Morgan fingerprint density at radius 1 is 1.40 bits per heavy atom. The first-order valence-electron chi connectivity index (χ1n) is 4.92. The van der Waals surface area contributed by atoms with Crippen LogP contribution in [0.2, 0.25) is 0 Å². The summed E-state index contributed by atoms with van der Waals surface area (Å²) < 4.78 is 10.4. The molecule has 0 radical (unpaired) electrons. The van der Waals surface area contributed by atoms with E-state index in [1.807, 2.05) is 19.1 Å². The second-order valence-corrected chi connectivity index (χ2v) is 3.25. The van der Waals surface area contributed by atoms with Crippen LogP contribution in [-0.4, -0.2) is 20.5 Å². The van der Waals surface area contributed by atoms with E-state index in [-0.39, 0.29) is 6.10 Å². The van der Waals surface area contributed by atoms with Gasteiger partial charge in [0.05, 0.1) is 18.8 Å². The maximum atomic E-state index is 10.8. The summed E-state index contributed by atoms with van der Waals surface area (Å²) in [6, 6.07) is 5.52. The molecule has 3 heteroatoms. The van der Waals surface area contributed by atoms with E-state index in [0.29, 0.717) is 11.3 Å². The Morgan fingerprint density at radius 2 is 2.13 bits per heavy atom. The zero-order valence-electron chi connectivity index (χ0n) is 9.32. The molecule has 82 valence electrons. The van der Waals surface area contributed by atoms with Gasteiger partial charge in [0.25, 0.3) is 0 Å². The van der Waals surface area contributed by atoms with Gasteiger partial charge < -0.3 is 9.47 Å². The number of methoxy groups -OCH3 is 2. The van der Waals surface area contributed by atoms with Crippen molar-refractivity contribution in [3.63, 3.8) is 0 Å². The standard InChI is InChI=1S/C12H16O3/c1-4-11(14-2)9-5-6-12(15-3)10(7-9)8-13/h5-8,11H,4H2,1-3H3. The molecule has 0 spiro atoms. The summed E-state index contributed by atoms with van der Waals surface area (Å²) in [7, 11) is 3.22. The molecule has 1 aromatic rings. The van der Waals surface area contributed by atoms with E-state index < -0.39 is 0 Å². The highest BCUT2D eigenvalue weighted by Crippen LogP contribution is 2.25. The van der Waals surface area contributed by atoms with Crippen LogP contribution in [0.4, 0.5) is 0 Å². The Morgan fingerprint density at radius 3 is 2.60 bits per heavy atom. The number of benzene rings is 1. The van der Waals surface area contributed by atoms with Crippen molar-refractivity contribution in [3.05, 3.63) is 29.3 Å². The molecule has 0 bridgehead atoms. The minimum atomic E-state index is 0.0367. The lowest BCUT2D eigenvalue weighted by atomic mass is 10.0. The van der Waals surface area contributed by atoms with Gasteiger partial charge in [-0.3, -0.25) is 4.79 Å². The van der Waals surface area contributed by atoms with Crippen molar-refractivity contribution in [3.8, 4) is 5.75 Å². The molecule has 0 aliphatic carbocycles. The molecule has 1 atom stereocenters. The Balaban J connectivity index is 3.06. The number of carbonyl (C=O) groups is 1. The molecule has 1 rings (SSSR count). The number of ether oxygens (including phenoxy) is 2. The lowest BCUT2D eigenvalue weighted by Gasteiger charge is -2.14. The summed E-state index contributed by atoms with van der Waals surface area (Å²) in [5.41, 5.74) is 1.56. The van der Waals surface area contributed by atoms with E-state index in [2.05, 4.69) is 0 Å². The summed E-state index contributed by atoms with van der Waals surface area (Å²) in [5.74, 6) is 0.597. The van der Waals surface area contributed by atoms with E-state index >= 15 is 0 Å². The van der Waals surface area contributed by atoms with Gasteiger partial charge in [-0.15, -0.1) is 0 Å². The number of hydrogen-bond donors (Lipinski definition) is 0. The highest BCUT2D eigenvalue weighted by Gasteiger charge is 2.10. The first-order chi connectivity index (χ1) is 7.26. The van der Waals surface area contributed by atoms with Gasteiger partial charge in [0.15, 0.2) is 6.29 Å². The van der Waals surface area contributed by atoms with Gasteiger partial charge in [0.1, 0.15) is 5.75 Å². The first kappa shape index (κ1) is 11.7. The molecule has 1 unspecified atom stereocenters. The van der Waals surface area contributed by atoms with Crippen LogP contribution in [0.15, 0.2) is 18.2 Å². The van der Waals surface area contributed by atoms with Gasteiger partial charge >= 0.3 is 0 Å². The Hall–Kier alpha value is -1.35. The van der Waals surface area contributed by atoms with Crippen LogP contribution in [0.25, 0.3) is 0 Å². The van der Waals surface area contributed by atoms with Crippen molar-refractivity contribution >= 4 is 6.29 Å². The molecule has 15 heavy (non-hydrogen) atoms. The van der Waals surface area contributed by atoms with Crippen LogP contribution in [-0.2, 0) is 4.74 Å². The minimum Gasteiger partial charge on any atom is -0.496 e. The van der Waals surface area contributed by atoms with Crippen LogP contribution < -0.4 is 4.74 Å². The van der Waals surface area contributed by atoms with Gasteiger partial charge in [-0.05, 0) is 24.1 Å². The SMILES string of the molecule is CCC(OC)c1ccc(OC)c(C=O)c1. The van der Waals surface area contributed by atoms with E-state index in [0.717, 1.165) is 18.3 Å². The van der Waals surface area contributed by atoms with Crippen LogP contribution in [0.5, 0.6) is 5.75 Å². The van der Waals surface area contributed by atoms with E-state index in [4.69, 9.17) is 9.47 Å². The number of carbonyl (C=O) groups excluding carboxylic acids is 1. The van der Waals surface area contributed by atoms with Crippen LogP contribution in [0.1, 0.15) is 35.4 Å². The zero-order valence-corrected chi connectivity index (χ0v) is 9.32. The molecule has 3 nitrogen and oxygen atoms in total. The van der Waals surface area contributed by atoms with Crippen molar-refractivity contribution in [2.45, 2.75) is 19.4 Å². The maximum Gasteiger partial charge on any atom is 0.153 e. The smallest absolute Gasteiger partial charge is 0.153 e. The molecule has 0 aliphatic heterocycles. The Labute approximate surface area is 90.0 Å². The number of aldehydes is 1. The highest BCUT2D eigenvalue weighted by molar-refractivity contribution is 5.79. The van der Waals surface area contributed by atoms with E-state index in [1.165, 1.54) is 0 Å². The minimum absolute atomic E-state index is 0.0367. The third kappa shape index (κ3) is 2.57. The van der Waals surface area contributed by atoms with Gasteiger partial charge in [0, 0.05) is 7.11 Å². The predicted molar refractivity (Wildman–Crippen MR) is 58.4 cm³/mol. The van der Waals surface area contributed by atoms with Gasteiger partial charge in [-0.25, -0.2) is 0 Å². The third-order valence-corrected chi connectivity index (χ3v) is 2.41. The molecule has 0 saturated heterocycles. The van der Waals surface area contributed by atoms with Crippen molar-refractivity contribution in [2.75, 3.05) is 14.2 Å². The van der Waals surface area contributed by atoms with Gasteiger partial charge in [-0.2, -0.15) is 0 Å². The predicted octanol–water partition coefficient (Wildman–Crippen LogP) is 2.61. The largest absolute Gasteiger partial charge is 0.496 e. The fourth-order valence-electron chi connectivity index (χ4n) is 1.58. The fraction of sp³-hybridized carbons (Fsp3) is 0.417. The molecular weight excluding hydrogens is 192 g/mol. The second-order valence-electron chi connectivity index (χ2n) is 3.25. The van der Waals surface area contributed by atoms with Crippen LogP contribution >= 0.6 is 0 Å². The van der Waals surface area contributed by atoms with Crippen molar-refractivity contribution in [2.24, 2.45) is 0 Å². The lowest BCUT2D eigenvalue weighted by Crippen LogP contribution is -2.01. The number of rotatable bonds is 5. The third-order valence-electron chi connectivity index (χ3n) is 2.41. The lowest BCUT2D eigenvalue weighted by molar-refractivity contribution is 0.0997. The van der Waals surface area contributed by atoms with Crippen molar-refractivity contribution in [1.82, 2.24) is 0 Å². The average molecular weight is 208 g/mol. The highest BCUT2D eigenvalue weighted by atomic mass is 16.5. The van der Waals surface area contributed by atoms with Gasteiger partial charge in [0.2, 0.25) is 0 Å². The summed E-state index contributed by atoms with van der Waals surface area (Å²) >= 11 is 0. The molecule has 0 N–H and O–H groups in total. The molecule has 0 saturated carbocycles. The fourth-order valence-corrected chi connectivity index (χ4v) is 1.58. The monoisotopic (exact) mass is 208 g/mol. The first-order valence-corrected chi connectivity index (χ1v) is 4.92. The normalized spacial score (nSPS) is 12.2. The quantitative estimate of drug-likeness (QED) is 0.698. The average Bonchev–Trinajstić information content (AvgIpc) is 2.30. The second kappa shape index (κ2) is 5.51. The van der Waals surface area contributed by atoms with Crippen LogP contribution in [0.3, 0.4) is 0 Å². The van der Waals surface area contributed by atoms with Gasteiger partial charge in [-0.1, -0.05) is 13.0 Å². The molecule has 0 amide bonds. The molecule has 0 aromatic heterocycles. The maximum absolute atomic E-state index is 10.8. The van der Waals surface area contributed by atoms with Crippen molar-refractivity contribution < 1.29 is 14.3 Å². The van der Waals surface area contributed by atoms with E-state index in [9.17, 15) is 4.79 Å². The molecule has 1 aromatic carbocycles. The summed E-state index contributed by atoms with van der Waals surface area (Å²) in [5, 5.41) is 0. The van der Waals surface area contributed by atoms with E-state index in [1.54, 1.807) is 20.3 Å². The zero-order chi connectivity index (χ0) is 11.3. The molecule has 0 aliphatic rings. The topological polar surface area (TPSA) is 35.5 Å². The Kier molecular flexibility index (Phi) is 4.31. The Bertz CT molecular complexity index is 330. The summed E-state index contributed by atoms with van der Waals surface area (Å²) in [4.78, 5) is 10.8. The molecule has 0 heterocycles. The number of hydrogen-bond acceptors (Lipinski definition) is 3.